The fourth-order valence-corrected chi connectivity index (χ4v) is 3.70. The van der Waals surface area contributed by atoms with E-state index in [-0.39, 0.29) is 17.3 Å². The van der Waals surface area contributed by atoms with Crippen LogP contribution < -0.4 is 14.2 Å². The molecular formula is C17H17NO7S. The molecule has 0 fully saturated rings. The van der Waals surface area contributed by atoms with E-state index in [1.165, 1.54) is 24.3 Å². The van der Waals surface area contributed by atoms with Gasteiger partial charge in [0, 0.05) is 0 Å². The van der Waals surface area contributed by atoms with E-state index in [2.05, 4.69) is 9.46 Å². The van der Waals surface area contributed by atoms with Crippen molar-refractivity contribution in [2.45, 2.75) is 17.0 Å². The number of hydrogen-bond acceptors (Lipinski definition) is 7. The van der Waals surface area contributed by atoms with Crippen molar-refractivity contribution in [1.82, 2.24) is 4.72 Å². The molecule has 0 spiro atoms. The summed E-state index contributed by atoms with van der Waals surface area (Å²) in [6.45, 7) is 0.0515. The van der Waals surface area contributed by atoms with E-state index in [0.29, 0.717) is 11.5 Å². The Morgan fingerprint density at radius 2 is 1.85 bits per heavy atom. The van der Waals surface area contributed by atoms with Crippen LogP contribution in [-0.2, 0) is 19.6 Å². The fraction of sp³-hybridized carbons (Fsp3) is 0.235. The summed E-state index contributed by atoms with van der Waals surface area (Å²) < 4.78 is 42.3. The van der Waals surface area contributed by atoms with Gasteiger partial charge < -0.3 is 19.3 Å². The molecule has 0 aromatic heterocycles. The lowest BCUT2D eigenvalue weighted by molar-refractivity contribution is -0.145. The van der Waals surface area contributed by atoms with Gasteiger partial charge in [0.15, 0.2) is 11.5 Å². The highest BCUT2D eigenvalue weighted by molar-refractivity contribution is 7.89. The zero-order valence-electron chi connectivity index (χ0n) is 13.8. The lowest BCUT2D eigenvalue weighted by atomic mass is 10.0. The molecule has 138 valence electrons. The molecule has 3 rings (SSSR count). The first-order valence-corrected chi connectivity index (χ1v) is 9.13. The molecule has 1 aliphatic rings. The van der Waals surface area contributed by atoms with Crippen LogP contribution in [0.2, 0.25) is 0 Å². The second-order valence-electron chi connectivity index (χ2n) is 5.49. The van der Waals surface area contributed by atoms with Gasteiger partial charge in [-0.3, -0.25) is 4.79 Å². The molecule has 0 aliphatic carbocycles. The molecular weight excluding hydrogens is 362 g/mol. The van der Waals surface area contributed by atoms with Crippen LogP contribution in [0.3, 0.4) is 0 Å². The maximum Gasteiger partial charge on any atom is 0.326 e. The van der Waals surface area contributed by atoms with Crippen LogP contribution in [0, 0.1) is 0 Å². The summed E-state index contributed by atoms with van der Waals surface area (Å²) >= 11 is 0. The monoisotopic (exact) mass is 379 g/mol. The molecule has 0 saturated carbocycles. The number of sulfonamides is 1. The number of nitrogens with one attached hydrogen (secondary N) is 1. The van der Waals surface area contributed by atoms with Crippen molar-refractivity contribution in [3.63, 3.8) is 0 Å². The smallest absolute Gasteiger partial charge is 0.326 e. The van der Waals surface area contributed by atoms with Crippen molar-refractivity contribution >= 4 is 16.0 Å². The summed E-state index contributed by atoms with van der Waals surface area (Å²) in [5.74, 6) is -0.0220. The topological polar surface area (TPSA) is 111 Å². The first-order valence-electron chi connectivity index (χ1n) is 7.65. The van der Waals surface area contributed by atoms with E-state index in [9.17, 15) is 18.3 Å². The minimum absolute atomic E-state index is 0.0354. The second-order valence-corrected chi connectivity index (χ2v) is 7.21. The van der Waals surface area contributed by atoms with E-state index >= 15 is 0 Å². The number of aliphatic hydroxyl groups excluding tert-OH is 1. The third-order valence-corrected chi connectivity index (χ3v) is 5.30. The minimum Gasteiger partial charge on any atom is -0.468 e. The van der Waals surface area contributed by atoms with E-state index in [1.54, 1.807) is 24.3 Å². The molecule has 1 aliphatic heterocycles. The Morgan fingerprint density at radius 3 is 2.54 bits per heavy atom. The van der Waals surface area contributed by atoms with E-state index in [4.69, 9.17) is 9.47 Å². The van der Waals surface area contributed by atoms with Gasteiger partial charge in [0.2, 0.25) is 16.8 Å². The third kappa shape index (κ3) is 3.64. The van der Waals surface area contributed by atoms with Gasteiger partial charge in [-0.1, -0.05) is 24.3 Å². The van der Waals surface area contributed by atoms with Gasteiger partial charge in [0.05, 0.1) is 12.0 Å². The molecule has 0 bridgehead atoms. The molecule has 0 radical (unpaired) electrons. The van der Waals surface area contributed by atoms with Gasteiger partial charge in [-0.15, -0.1) is 0 Å². The number of aliphatic hydroxyl groups is 1. The number of ether oxygens (including phenoxy) is 3. The first-order chi connectivity index (χ1) is 12.4. The Bertz CT molecular complexity index is 899. The normalized spacial score (nSPS) is 15.3. The summed E-state index contributed by atoms with van der Waals surface area (Å²) in [4.78, 5) is 12.1. The zero-order chi connectivity index (χ0) is 18.7. The maximum absolute atomic E-state index is 12.5. The van der Waals surface area contributed by atoms with Gasteiger partial charge in [-0.2, -0.15) is 4.72 Å². The Morgan fingerprint density at radius 1 is 1.15 bits per heavy atom. The molecule has 1 heterocycles. The Balaban J connectivity index is 1.90. The number of fused-ring (bicyclic) bond motifs is 1. The maximum atomic E-state index is 12.5. The largest absolute Gasteiger partial charge is 0.468 e. The molecule has 0 saturated heterocycles. The van der Waals surface area contributed by atoms with Gasteiger partial charge in [0.1, 0.15) is 12.1 Å². The molecule has 2 N–H and O–H groups in total. The summed E-state index contributed by atoms with van der Waals surface area (Å²) in [5.41, 5.74) is 0.278. The van der Waals surface area contributed by atoms with Gasteiger partial charge in [-0.25, -0.2) is 8.42 Å². The predicted octanol–water partition coefficient (Wildman–Crippen LogP) is 0.969. The quantitative estimate of drug-likeness (QED) is 0.720. The first kappa shape index (κ1) is 18.2. The highest BCUT2D eigenvalue weighted by Gasteiger charge is 2.34. The van der Waals surface area contributed by atoms with Crippen molar-refractivity contribution in [3.8, 4) is 11.5 Å². The number of benzene rings is 2. The molecule has 2 unspecified atom stereocenters. The number of methoxy groups -OCH3 is 1. The van der Waals surface area contributed by atoms with Crippen LogP contribution in [0.1, 0.15) is 11.7 Å². The van der Waals surface area contributed by atoms with Crippen LogP contribution in [0.4, 0.5) is 0 Å². The molecule has 0 amide bonds. The van der Waals surface area contributed by atoms with Gasteiger partial charge in [-0.05, 0) is 29.8 Å². The van der Waals surface area contributed by atoms with Crippen LogP contribution in [0.15, 0.2) is 53.4 Å². The van der Waals surface area contributed by atoms with Crippen LogP contribution in [0.5, 0.6) is 11.5 Å². The number of carbonyl (C=O) groups is 1. The fourth-order valence-electron chi connectivity index (χ4n) is 2.49. The predicted molar refractivity (Wildman–Crippen MR) is 90.1 cm³/mol. The van der Waals surface area contributed by atoms with Gasteiger partial charge >= 0.3 is 5.97 Å². The summed E-state index contributed by atoms with van der Waals surface area (Å²) in [7, 11) is -2.94. The number of esters is 1. The van der Waals surface area contributed by atoms with Crippen LogP contribution >= 0.6 is 0 Å². The minimum atomic E-state index is -4.05. The Hall–Kier alpha value is -2.62. The lowest BCUT2D eigenvalue weighted by Crippen LogP contribution is -2.45. The van der Waals surface area contributed by atoms with E-state index < -0.39 is 28.1 Å². The molecule has 9 heteroatoms. The SMILES string of the molecule is COC(=O)C(NS(=O)(=O)c1ccccc1)C(O)c1ccc2c(c1)OCO2. The average molecular weight is 379 g/mol. The highest BCUT2D eigenvalue weighted by atomic mass is 32.2. The standard InChI is InChI=1S/C17H17NO7S/c1-23-17(20)15(18-26(21,22)12-5-3-2-4-6-12)16(19)11-7-8-13-14(9-11)25-10-24-13/h2-9,15-16,18-19H,10H2,1H3. The van der Waals surface area contributed by atoms with Gasteiger partial charge in [0.25, 0.3) is 0 Å². The molecule has 2 aromatic rings. The Kier molecular flexibility index (Phi) is 5.12. The summed E-state index contributed by atoms with van der Waals surface area (Å²) in [6, 6.07) is 10.6. The van der Waals surface area contributed by atoms with Crippen molar-refractivity contribution in [1.29, 1.82) is 0 Å². The lowest BCUT2D eigenvalue weighted by Gasteiger charge is -2.22. The Labute approximate surface area is 150 Å². The second kappa shape index (κ2) is 7.32. The molecule has 2 atom stereocenters. The van der Waals surface area contributed by atoms with Crippen molar-refractivity contribution in [2.24, 2.45) is 0 Å². The van der Waals surface area contributed by atoms with E-state index in [1.807, 2.05) is 0 Å². The number of carbonyl (C=O) groups excluding carboxylic acids is 1. The van der Waals surface area contributed by atoms with Crippen LogP contribution in [0.25, 0.3) is 0 Å². The zero-order valence-corrected chi connectivity index (χ0v) is 14.6. The highest BCUT2D eigenvalue weighted by Crippen LogP contribution is 2.35. The van der Waals surface area contributed by atoms with E-state index in [0.717, 1.165) is 7.11 Å². The molecule has 8 nitrogen and oxygen atoms in total. The third-order valence-electron chi connectivity index (χ3n) is 3.84. The molecule has 2 aromatic carbocycles. The number of rotatable bonds is 6. The molecule has 26 heavy (non-hydrogen) atoms. The van der Waals surface area contributed by atoms with Crippen molar-refractivity contribution in [2.75, 3.05) is 13.9 Å². The summed E-state index contributed by atoms with van der Waals surface area (Å²) in [6.07, 6.45) is -1.49. The van der Waals surface area contributed by atoms with Crippen LogP contribution in [-0.4, -0.2) is 39.4 Å². The number of hydrogen-bond donors (Lipinski definition) is 2. The average Bonchev–Trinajstić information content (AvgIpc) is 3.13. The summed E-state index contributed by atoms with van der Waals surface area (Å²) in [5, 5.41) is 10.6. The van der Waals surface area contributed by atoms with Crippen molar-refractivity contribution in [3.05, 3.63) is 54.1 Å². The van der Waals surface area contributed by atoms with Crippen molar-refractivity contribution < 1.29 is 32.5 Å².